The minimum atomic E-state index is -0.113. The maximum atomic E-state index is 12.3. The Kier molecular flexibility index (Phi) is 7.76. The third-order valence-corrected chi connectivity index (χ3v) is 6.26. The van der Waals surface area contributed by atoms with E-state index in [1.54, 1.807) is 11.2 Å². The van der Waals surface area contributed by atoms with Gasteiger partial charge < -0.3 is 20.9 Å². The van der Waals surface area contributed by atoms with Gasteiger partial charge in [0, 0.05) is 32.9 Å². The van der Waals surface area contributed by atoms with E-state index in [9.17, 15) is 4.79 Å². The van der Waals surface area contributed by atoms with Crippen LogP contribution >= 0.6 is 12.2 Å². The molecule has 0 unspecified atom stereocenters. The first-order chi connectivity index (χ1) is 15.0. The number of nitriles is 1. The zero-order chi connectivity index (χ0) is 22.4. The van der Waals surface area contributed by atoms with Crippen LogP contribution in [0.1, 0.15) is 32.6 Å². The molecule has 0 aromatic carbocycles. The molecule has 3 rings (SSSR count). The number of thiocarbonyl (C=S) groups is 1. The van der Waals surface area contributed by atoms with Gasteiger partial charge in [0.15, 0.2) is 10.8 Å². The van der Waals surface area contributed by atoms with E-state index in [0.29, 0.717) is 30.7 Å². The fraction of sp³-hybridized carbons (Fsp3) is 0.571. The Labute approximate surface area is 188 Å². The number of carbonyl (C=O) groups excluding carboxylic acids is 1. The molecule has 9 nitrogen and oxygen atoms in total. The minimum Gasteiger partial charge on any atom is -0.362 e. The van der Waals surface area contributed by atoms with Crippen molar-refractivity contribution >= 4 is 40.1 Å². The monoisotopic (exact) mass is 442 g/mol. The molecule has 166 valence electrons. The summed E-state index contributed by atoms with van der Waals surface area (Å²) in [6.07, 6.45) is 6.17. The van der Waals surface area contributed by atoms with Crippen LogP contribution in [0.15, 0.2) is 18.6 Å². The number of anilines is 1. The van der Waals surface area contributed by atoms with Gasteiger partial charge in [-0.25, -0.2) is 9.97 Å². The number of likely N-dealkylation sites (N-methyl/N-ethyl adjacent to an activating group) is 1. The van der Waals surface area contributed by atoms with E-state index in [-0.39, 0.29) is 18.4 Å². The zero-order valence-electron chi connectivity index (χ0n) is 18.1. The maximum absolute atomic E-state index is 12.3. The van der Waals surface area contributed by atoms with E-state index in [0.717, 1.165) is 42.7 Å². The van der Waals surface area contributed by atoms with E-state index < -0.39 is 0 Å². The Morgan fingerprint density at radius 2 is 2.26 bits per heavy atom. The molecule has 2 atom stereocenters. The molecule has 0 bridgehead atoms. The number of nitrogens with two attached hydrogens (primary N) is 1. The molecule has 1 fully saturated rings. The first-order valence-electron chi connectivity index (χ1n) is 10.7. The molecular weight excluding hydrogens is 412 g/mol. The molecule has 0 spiro atoms. The summed E-state index contributed by atoms with van der Waals surface area (Å²) in [6.45, 7) is 4.89. The number of rotatable bonds is 7. The van der Waals surface area contributed by atoms with Crippen LogP contribution in [0.5, 0.6) is 0 Å². The van der Waals surface area contributed by atoms with Crippen molar-refractivity contribution in [2.24, 2.45) is 11.7 Å². The number of nitrogens with one attached hydrogen (secondary N) is 1. The Morgan fingerprint density at radius 1 is 1.45 bits per heavy atom. The van der Waals surface area contributed by atoms with Crippen molar-refractivity contribution in [3.05, 3.63) is 18.6 Å². The largest absolute Gasteiger partial charge is 0.362 e. The van der Waals surface area contributed by atoms with Crippen LogP contribution in [-0.4, -0.2) is 69.7 Å². The number of likely N-dealkylation sites (tertiary alicyclic amines) is 1. The fourth-order valence-electron chi connectivity index (χ4n) is 4.05. The van der Waals surface area contributed by atoms with Crippen LogP contribution in [0.4, 0.5) is 5.82 Å². The lowest BCUT2D eigenvalue weighted by Gasteiger charge is -2.42. The molecule has 3 heterocycles. The smallest absolute Gasteiger partial charge is 0.236 e. The SMILES string of the molecule is C[C@@H]1CCN(C(=O)CC#N)C[C@@H]1N(C)c1ncnc2c1ccn2C(=S)NCCCCN. The average Bonchev–Trinajstić information content (AvgIpc) is 3.21. The quantitative estimate of drug-likeness (QED) is 0.489. The number of piperidine rings is 1. The van der Waals surface area contributed by atoms with Gasteiger partial charge in [-0.1, -0.05) is 6.92 Å². The predicted molar refractivity (Wildman–Crippen MR) is 125 cm³/mol. The number of aromatic nitrogens is 3. The average molecular weight is 443 g/mol. The molecule has 1 saturated heterocycles. The van der Waals surface area contributed by atoms with Crippen molar-refractivity contribution in [1.82, 2.24) is 24.8 Å². The molecular formula is C21H30N8OS. The molecule has 31 heavy (non-hydrogen) atoms. The van der Waals surface area contributed by atoms with E-state index in [1.165, 1.54) is 0 Å². The van der Waals surface area contributed by atoms with Crippen LogP contribution < -0.4 is 16.0 Å². The van der Waals surface area contributed by atoms with Crippen LogP contribution in [-0.2, 0) is 4.79 Å². The van der Waals surface area contributed by atoms with E-state index >= 15 is 0 Å². The second-order valence-electron chi connectivity index (χ2n) is 7.97. The third kappa shape index (κ3) is 5.11. The van der Waals surface area contributed by atoms with Gasteiger partial charge in [-0.05, 0) is 50.0 Å². The standard InChI is InChI=1S/C21H30N8OS/c1-15-6-11-28(18(30)5-9-23)13-17(15)27(2)19-16-7-12-29(20(16)26-14-25-19)21(31)24-10-4-3-8-22/h7,12,14-15,17H,3-6,8,10-11,13,22H2,1-2H3,(H,24,31)/t15-,17+/m1/s1. The summed E-state index contributed by atoms with van der Waals surface area (Å²) < 4.78 is 1.86. The van der Waals surface area contributed by atoms with Crippen molar-refractivity contribution in [2.75, 3.05) is 38.1 Å². The number of amides is 1. The van der Waals surface area contributed by atoms with Gasteiger partial charge >= 0.3 is 0 Å². The Bertz CT molecular complexity index is 968. The fourth-order valence-corrected chi connectivity index (χ4v) is 4.30. The van der Waals surface area contributed by atoms with Crippen molar-refractivity contribution in [3.63, 3.8) is 0 Å². The highest BCUT2D eigenvalue weighted by atomic mass is 32.1. The Balaban J connectivity index is 1.80. The molecule has 0 saturated carbocycles. The van der Waals surface area contributed by atoms with E-state index in [4.69, 9.17) is 23.2 Å². The summed E-state index contributed by atoms with van der Waals surface area (Å²) in [5.41, 5.74) is 6.29. The first kappa shape index (κ1) is 22.9. The summed E-state index contributed by atoms with van der Waals surface area (Å²) in [5.74, 6) is 1.08. The lowest BCUT2D eigenvalue weighted by molar-refractivity contribution is -0.131. The van der Waals surface area contributed by atoms with E-state index in [1.807, 2.05) is 29.9 Å². The number of hydrogen-bond donors (Lipinski definition) is 2. The van der Waals surface area contributed by atoms with Gasteiger partial charge in [0.05, 0.1) is 17.5 Å². The van der Waals surface area contributed by atoms with Gasteiger partial charge in [0.2, 0.25) is 5.91 Å². The van der Waals surface area contributed by atoms with E-state index in [2.05, 4.69) is 27.1 Å². The van der Waals surface area contributed by atoms with Gasteiger partial charge in [-0.15, -0.1) is 0 Å². The Morgan fingerprint density at radius 3 is 3.00 bits per heavy atom. The number of hydrogen-bond acceptors (Lipinski definition) is 7. The van der Waals surface area contributed by atoms with Crippen molar-refractivity contribution in [3.8, 4) is 6.07 Å². The molecule has 1 amide bonds. The first-order valence-corrected chi connectivity index (χ1v) is 11.1. The summed E-state index contributed by atoms with van der Waals surface area (Å²) in [5, 5.41) is 13.6. The maximum Gasteiger partial charge on any atom is 0.236 e. The molecule has 2 aromatic rings. The molecule has 3 N–H and O–H groups in total. The second kappa shape index (κ2) is 10.5. The van der Waals surface area contributed by atoms with Crippen molar-refractivity contribution in [1.29, 1.82) is 5.26 Å². The topological polar surface area (TPSA) is 116 Å². The molecule has 0 radical (unpaired) electrons. The number of fused-ring (bicyclic) bond motifs is 1. The van der Waals surface area contributed by atoms with Gasteiger partial charge in [0.25, 0.3) is 0 Å². The lowest BCUT2D eigenvalue weighted by Crippen LogP contribution is -2.52. The van der Waals surface area contributed by atoms with Gasteiger partial charge in [-0.2, -0.15) is 5.26 Å². The van der Waals surface area contributed by atoms with Crippen molar-refractivity contribution < 1.29 is 4.79 Å². The number of carbonyl (C=O) groups is 1. The zero-order valence-corrected chi connectivity index (χ0v) is 18.9. The van der Waals surface area contributed by atoms with Crippen LogP contribution in [0, 0.1) is 17.2 Å². The van der Waals surface area contributed by atoms with Crippen LogP contribution in [0.2, 0.25) is 0 Å². The number of nitrogens with zero attached hydrogens (tertiary/aromatic N) is 6. The molecule has 10 heteroatoms. The van der Waals surface area contributed by atoms with Gasteiger partial charge in [-0.3, -0.25) is 9.36 Å². The molecule has 1 aliphatic rings. The predicted octanol–water partition coefficient (Wildman–Crippen LogP) is 1.48. The summed E-state index contributed by atoms with van der Waals surface area (Å²) in [7, 11) is 2.00. The number of unbranched alkanes of at least 4 members (excludes halogenated alkanes) is 1. The van der Waals surface area contributed by atoms with Crippen molar-refractivity contribution in [2.45, 2.75) is 38.6 Å². The van der Waals surface area contributed by atoms with Gasteiger partial charge in [0.1, 0.15) is 18.6 Å². The lowest BCUT2D eigenvalue weighted by atomic mass is 9.92. The summed E-state index contributed by atoms with van der Waals surface area (Å²) >= 11 is 5.55. The molecule has 0 aliphatic carbocycles. The summed E-state index contributed by atoms with van der Waals surface area (Å²) in [6, 6.07) is 4.03. The normalized spacial score (nSPS) is 18.6. The molecule has 1 aliphatic heterocycles. The molecule has 2 aromatic heterocycles. The minimum absolute atomic E-state index is 0.0822. The Hall–Kier alpha value is -2.77. The second-order valence-corrected chi connectivity index (χ2v) is 8.35. The van der Waals surface area contributed by atoms with Crippen LogP contribution in [0.3, 0.4) is 0 Å². The highest BCUT2D eigenvalue weighted by Gasteiger charge is 2.32. The van der Waals surface area contributed by atoms with Crippen LogP contribution in [0.25, 0.3) is 11.0 Å². The summed E-state index contributed by atoms with van der Waals surface area (Å²) in [4.78, 5) is 25.2. The highest BCUT2D eigenvalue weighted by molar-refractivity contribution is 7.80. The third-order valence-electron chi connectivity index (χ3n) is 5.92. The highest BCUT2D eigenvalue weighted by Crippen LogP contribution is 2.29.